The second kappa shape index (κ2) is 6.98. The minimum Gasteiger partial charge on any atom is -0.465 e. The van der Waals surface area contributed by atoms with Gasteiger partial charge < -0.3 is 15.4 Å². The maximum absolute atomic E-state index is 11.9. The van der Waals surface area contributed by atoms with E-state index in [2.05, 4.69) is 9.80 Å². The number of nitrogens with two attached hydrogens (primary N) is 1. The second-order valence-electron chi connectivity index (χ2n) is 6.16. The van der Waals surface area contributed by atoms with Gasteiger partial charge in [0.1, 0.15) is 5.00 Å². The molecule has 0 spiro atoms. The molecule has 22 heavy (non-hydrogen) atoms. The zero-order valence-electron chi connectivity index (χ0n) is 13.3. The number of anilines is 1. The van der Waals surface area contributed by atoms with E-state index in [0.717, 1.165) is 38.2 Å². The van der Waals surface area contributed by atoms with Gasteiger partial charge in [-0.05, 0) is 37.9 Å². The molecule has 3 heterocycles. The van der Waals surface area contributed by atoms with Crippen LogP contribution in [0.1, 0.15) is 40.1 Å². The van der Waals surface area contributed by atoms with Crippen molar-refractivity contribution in [2.75, 3.05) is 45.6 Å². The Hall–Kier alpha value is -1.11. The fraction of sp³-hybridized carbons (Fsp3) is 0.688. The highest BCUT2D eigenvalue weighted by molar-refractivity contribution is 7.16. The molecule has 1 saturated heterocycles. The van der Waals surface area contributed by atoms with Crippen molar-refractivity contribution >= 4 is 22.3 Å². The molecule has 0 aliphatic carbocycles. The van der Waals surface area contributed by atoms with Gasteiger partial charge in [0.05, 0.1) is 12.7 Å². The number of thiophene rings is 1. The van der Waals surface area contributed by atoms with Gasteiger partial charge in [-0.2, -0.15) is 0 Å². The molecule has 2 aliphatic rings. The van der Waals surface area contributed by atoms with Crippen molar-refractivity contribution in [1.29, 1.82) is 0 Å². The van der Waals surface area contributed by atoms with Gasteiger partial charge in [0, 0.05) is 31.1 Å². The molecule has 2 N–H and O–H groups in total. The van der Waals surface area contributed by atoms with Crippen molar-refractivity contribution < 1.29 is 9.53 Å². The van der Waals surface area contributed by atoms with Crippen LogP contribution in [0, 0.1) is 0 Å². The minimum absolute atomic E-state index is 0.295. The number of likely N-dealkylation sites (tertiary alicyclic amines) is 1. The molecule has 0 bridgehead atoms. The summed E-state index contributed by atoms with van der Waals surface area (Å²) < 4.78 is 4.86. The number of hydrogen-bond donors (Lipinski definition) is 1. The lowest BCUT2D eigenvalue weighted by Crippen LogP contribution is -2.39. The molecule has 0 radical (unpaired) electrons. The SMILES string of the molecule is COC(=O)c1c(N)sc2c1CCN(CCN1CCCCC1)C2. The molecule has 1 fully saturated rings. The summed E-state index contributed by atoms with van der Waals surface area (Å²) in [7, 11) is 1.42. The fourth-order valence-electron chi connectivity index (χ4n) is 3.46. The van der Waals surface area contributed by atoms with Crippen molar-refractivity contribution in [3.05, 3.63) is 16.0 Å². The third kappa shape index (κ3) is 3.29. The van der Waals surface area contributed by atoms with E-state index in [0.29, 0.717) is 10.6 Å². The topological polar surface area (TPSA) is 58.8 Å². The van der Waals surface area contributed by atoms with Crippen LogP contribution in [0.5, 0.6) is 0 Å². The first kappa shape index (κ1) is 15.8. The maximum atomic E-state index is 11.9. The number of rotatable bonds is 4. The Balaban J connectivity index is 1.60. The van der Waals surface area contributed by atoms with Crippen molar-refractivity contribution in [3.8, 4) is 0 Å². The van der Waals surface area contributed by atoms with E-state index in [9.17, 15) is 4.79 Å². The highest BCUT2D eigenvalue weighted by Crippen LogP contribution is 2.35. The van der Waals surface area contributed by atoms with Crippen molar-refractivity contribution in [2.24, 2.45) is 0 Å². The Morgan fingerprint density at radius 3 is 2.64 bits per heavy atom. The van der Waals surface area contributed by atoms with E-state index in [1.54, 1.807) is 11.3 Å². The minimum atomic E-state index is -0.295. The Morgan fingerprint density at radius 1 is 1.18 bits per heavy atom. The number of nitrogens with zero attached hydrogens (tertiary/aromatic N) is 2. The molecule has 0 atom stereocenters. The smallest absolute Gasteiger partial charge is 0.341 e. The van der Waals surface area contributed by atoms with Gasteiger partial charge in [-0.15, -0.1) is 11.3 Å². The molecule has 5 nitrogen and oxygen atoms in total. The van der Waals surface area contributed by atoms with Gasteiger partial charge in [0.2, 0.25) is 0 Å². The number of piperidine rings is 1. The summed E-state index contributed by atoms with van der Waals surface area (Å²) in [5, 5.41) is 0.606. The van der Waals surface area contributed by atoms with Crippen LogP contribution in [-0.4, -0.2) is 55.6 Å². The highest BCUT2D eigenvalue weighted by Gasteiger charge is 2.27. The first-order valence-corrected chi connectivity index (χ1v) is 8.93. The quantitative estimate of drug-likeness (QED) is 0.859. The monoisotopic (exact) mass is 323 g/mol. The zero-order chi connectivity index (χ0) is 15.5. The molecule has 2 aliphatic heterocycles. The van der Waals surface area contributed by atoms with E-state index in [1.807, 2.05) is 0 Å². The maximum Gasteiger partial charge on any atom is 0.341 e. The predicted octanol–water partition coefficient (Wildman–Crippen LogP) is 1.96. The summed E-state index contributed by atoms with van der Waals surface area (Å²) in [6.07, 6.45) is 4.96. The van der Waals surface area contributed by atoms with Crippen molar-refractivity contribution in [1.82, 2.24) is 9.80 Å². The average molecular weight is 323 g/mol. The van der Waals surface area contributed by atoms with E-state index < -0.39 is 0 Å². The first-order chi connectivity index (χ1) is 10.7. The predicted molar refractivity (Wildman–Crippen MR) is 89.3 cm³/mol. The Bertz CT molecular complexity index is 538. The van der Waals surface area contributed by atoms with Gasteiger partial charge in [0.25, 0.3) is 0 Å². The van der Waals surface area contributed by atoms with Crippen LogP contribution in [0.4, 0.5) is 5.00 Å². The lowest BCUT2D eigenvalue weighted by atomic mass is 10.0. The van der Waals surface area contributed by atoms with E-state index in [1.165, 1.54) is 44.3 Å². The van der Waals surface area contributed by atoms with E-state index in [-0.39, 0.29) is 5.97 Å². The molecule has 0 amide bonds. The third-order valence-electron chi connectivity index (χ3n) is 4.73. The number of nitrogen functional groups attached to an aromatic ring is 1. The standard InChI is InChI=1S/C16H25N3O2S/c1-21-16(20)14-12-5-8-19(11-13(12)22-15(14)17)10-9-18-6-3-2-4-7-18/h2-11,17H2,1H3. The highest BCUT2D eigenvalue weighted by atomic mass is 32.1. The van der Waals surface area contributed by atoms with Crippen LogP contribution in [0.25, 0.3) is 0 Å². The molecule has 6 heteroatoms. The summed E-state index contributed by atoms with van der Waals surface area (Å²) in [6, 6.07) is 0. The largest absolute Gasteiger partial charge is 0.465 e. The van der Waals surface area contributed by atoms with Crippen LogP contribution < -0.4 is 5.73 Å². The lowest BCUT2D eigenvalue weighted by molar-refractivity contribution is 0.0600. The number of carbonyl (C=O) groups excluding carboxylic acids is 1. The van der Waals surface area contributed by atoms with E-state index >= 15 is 0 Å². The molecule has 0 unspecified atom stereocenters. The number of ether oxygens (including phenoxy) is 1. The van der Waals surface area contributed by atoms with Gasteiger partial charge in [-0.25, -0.2) is 4.79 Å². The molecule has 0 aromatic carbocycles. The van der Waals surface area contributed by atoms with Gasteiger partial charge in [-0.1, -0.05) is 6.42 Å². The van der Waals surface area contributed by atoms with Crippen LogP contribution in [0.15, 0.2) is 0 Å². The van der Waals surface area contributed by atoms with Gasteiger partial charge in [0.15, 0.2) is 0 Å². The fourth-order valence-corrected chi connectivity index (χ4v) is 4.61. The molecule has 0 saturated carbocycles. The van der Waals surface area contributed by atoms with Gasteiger partial charge >= 0.3 is 5.97 Å². The number of carbonyl (C=O) groups is 1. The zero-order valence-corrected chi connectivity index (χ0v) is 14.1. The Morgan fingerprint density at radius 2 is 1.91 bits per heavy atom. The number of esters is 1. The Labute approximate surface area is 136 Å². The first-order valence-electron chi connectivity index (χ1n) is 8.12. The lowest BCUT2D eigenvalue weighted by Gasteiger charge is -2.31. The molecular formula is C16H25N3O2S. The van der Waals surface area contributed by atoms with Crippen molar-refractivity contribution in [3.63, 3.8) is 0 Å². The number of hydrogen-bond acceptors (Lipinski definition) is 6. The van der Waals surface area contributed by atoms with Crippen LogP contribution in [0.3, 0.4) is 0 Å². The van der Waals surface area contributed by atoms with Crippen LogP contribution in [0.2, 0.25) is 0 Å². The molecule has 1 aromatic rings. The number of methoxy groups -OCH3 is 1. The van der Waals surface area contributed by atoms with E-state index in [4.69, 9.17) is 10.5 Å². The van der Waals surface area contributed by atoms with Crippen molar-refractivity contribution in [2.45, 2.75) is 32.2 Å². The third-order valence-corrected chi connectivity index (χ3v) is 5.78. The Kier molecular flexibility index (Phi) is 5.00. The summed E-state index contributed by atoms with van der Waals surface area (Å²) in [5.41, 5.74) is 7.75. The molecule has 3 rings (SSSR count). The number of fused-ring (bicyclic) bond motifs is 1. The molecular weight excluding hydrogens is 298 g/mol. The average Bonchev–Trinajstić information content (AvgIpc) is 2.88. The van der Waals surface area contributed by atoms with Crippen LogP contribution >= 0.6 is 11.3 Å². The second-order valence-corrected chi connectivity index (χ2v) is 7.30. The van der Waals surface area contributed by atoms with Crippen LogP contribution in [-0.2, 0) is 17.7 Å². The molecule has 1 aromatic heterocycles. The normalized spacial score (nSPS) is 19.9. The summed E-state index contributed by atoms with van der Waals surface area (Å²) >= 11 is 1.55. The summed E-state index contributed by atoms with van der Waals surface area (Å²) in [6.45, 7) is 6.66. The summed E-state index contributed by atoms with van der Waals surface area (Å²) in [4.78, 5) is 18.2. The molecule has 122 valence electrons. The summed E-state index contributed by atoms with van der Waals surface area (Å²) in [5.74, 6) is -0.295. The van der Waals surface area contributed by atoms with Gasteiger partial charge in [-0.3, -0.25) is 4.90 Å².